The van der Waals surface area contributed by atoms with Crippen LogP contribution in [-0.2, 0) is 0 Å². The fourth-order valence-electron chi connectivity index (χ4n) is 4.44. The Hall–Kier alpha value is -3.41. The van der Waals surface area contributed by atoms with Gasteiger partial charge in [-0.2, -0.15) is 0 Å². The van der Waals surface area contributed by atoms with Gasteiger partial charge in [0.15, 0.2) is 0 Å². The van der Waals surface area contributed by atoms with Gasteiger partial charge >= 0.3 is 0 Å². The van der Waals surface area contributed by atoms with Gasteiger partial charge in [-0.3, -0.25) is 0 Å². The summed E-state index contributed by atoms with van der Waals surface area (Å²) in [6.07, 6.45) is 1.09. The first kappa shape index (κ1) is 21.4. The second kappa shape index (κ2) is 10.0. The molecular formula is C31H28NP. The molecule has 1 nitrogen and oxygen atoms in total. The van der Waals surface area contributed by atoms with E-state index in [1.54, 1.807) is 0 Å². The van der Waals surface area contributed by atoms with Crippen LogP contribution in [0, 0.1) is 0 Å². The van der Waals surface area contributed by atoms with Crippen molar-refractivity contribution in [3.8, 4) is 0 Å². The van der Waals surface area contributed by atoms with Crippen LogP contribution in [0.25, 0.3) is 10.8 Å². The van der Waals surface area contributed by atoms with Crippen LogP contribution in [0.15, 0.2) is 127 Å². The largest absolute Gasteiger partial charge is 0.341 e. The highest BCUT2D eigenvalue weighted by Crippen LogP contribution is 2.35. The molecule has 162 valence electrons. The average molecular weight is 446 g/mol. The van der Waals surface area contributed by atoms with E-state index in [4.69, 9.17) is 0 Å². The number of hydrogen-bond donors (Lipinski definition) is 0. The van der Waals surface area contributed by atoms with E-state index in [1.807, 2.05) is 0 Å². The van der Waals surface area contributed by atoms with Crippen molar-refractivity contribution in [2.45, 2.75) is 13.3 Å². The van der Waals surface area contributed by atoms with Gasteiger partial charge in [-0.1, -0.05) is 116 Å². The molecule has 0 fully saturated rings. The van der Waals surface area contributed by atoms with Gasteiger partial charge in [0.25, 0.3) is 0 Å². The molecule has 0 aliphatic heterocycles. The molecule has 33 heavy (non-hydrogen) atoms. The molecule has 0 N–H and O–H groups in total. The smallest absolute Gasteiger partial charge is 0.0490 e. The van der Waals surface area contributed by atoms with Gasteiger partial charge in [0.2, 0.25) is 0 Å². The fraction of sp³-hybridized carbons (Fsp3) is 0.0968. The number of fused-ring (bicyclic) bond motifs is 1. The Morgan fingerprint density at radius 1 is 0.545 bits per heavy atom. The van der Waals surface area contributed by atoms with E-state index >= 15 is 0 Å². The van der Waals surface area contributed by atoms with Crippen LogP contribution in [0.5, 0.6) is 0 Å². The molecule has 0 unspecified atom stereocenters. The van der Waals surface area contributed by atoms with Crippen molar-refractivity contribution in [3.63, 3.8) is 0 Å². The van der Waals surface area contributed by atoms with Crippen LogP contribution < -0.4 is 20.8 Å². The van der Waals surface area contributed by atoms with Gasteiger partial charge in [-0.05, 0) is 53.8 Å². The molecule has 2 heteroatoms. The molecule has 0 saturated carbocycles. The lowest BCUT2D eigenvalue weighted by Gasteiger charge is -2.27. The van der Waals surface area contributed by atoms with Crippen molar-refractivity contribution >= 4 is 46.0 Å². The Labute approximate surface area is 198 Å². The molecular weight excluding hydrogens is 417 g/mol. The van der Waals surface area contributed by atoms with Crippen molar-refractivity contribution in [2.24, 2.45) is 0 Å². The van der Waals surface area contributed by atoms with Crippen molar-refractivity contribution in [2.75, 3.05) is 11.4 Å². The van der Waals surface area contributed by atoms with Crippen molar-refractivity contribution in [1.82, 2.24) is 0 Å². The Balaban J connectivity index is 1.55. The fourth-order valence-corrected chi connectivity index (χ4v) is 6.72. The minimum absolute atomic E-state index is 0.587. The van der Waals surface area contributed by atoms with E-state index in [1.165, 1.54) is 38.1 Å². The van der Waals surface area contributed by atoms with Crippen LogP contribution in [0.4, 0.5) is 11.4 Å². The topological polar surface area (TPSA) is 3.24 Å². The van der Waals surface area contributed by atoms with E-state index in [9.17, 15) is 0 Å². The predicted octanol–water partition coefficient (Wildman–Crippen LogP) is 7.15. The number of nitrogens with zero attached hydrogens (tertiary/aromatic N) is 1. The molecule has 0 aromatic heterocycles. The van der Waals surface area contributed by atoms with E-state index in [0.717, 1.165) is 13.0 Å². The molecule has 0 radical (unpaired) electrons. The summed E-state index contributed by atoms with van der Waals surface area (Å²) in [7, 11) is -0.587. The Morgan fingerprint density at radius 2 is 1.09 bits per heavy atom. The minimum atomic E-state index is -0.587. The molecule has 5 rings (SSSR count). The number of benzene rings is 5. The van der Waals surface area contributed by atoms with Gasteiger partial charge in [0.1, 0.15) is 0 Å². The number of anilines is 2. The molecule has 0 amide bonds. The molecule has 0 saturated heterocycles. The summed E-state index contributed by atoms with van der Waals surface area (Å²) in [5, 5.41) is 6.72. The van der Waals surface area contributed by atoms with E-state index in [-0.39, 0.29) is 0 Å². The summed E-state index contributed by atoms with van der Waals surface area (Å²) in [5.74, 6) is 0. The zero-order valence-corrected chi connectivity index (χ0v) is 19.8. The Morgan fingerprint density at radius 3 is 1.73 bits per heavy atom. The lowest BCUT2D eigenvalue weighted by molar-refractivity contribution is 0.888. The Kier molecular flexibility index (Phi) is 6.51. The molecule has 5 aromatic carbocycles. The molecule has 5 aromatic rings. The van der Waals surface area contributed by atoms with Gasteiger partial charge < -0.3 is 4.90 Å². The maximum atomic E-state index is 2.46. The third kappa shape index (κ3) is 4.56. The summed E-state index contributed by atoms with van der Waals surface area (Å²) < 4.78 is 0. The zero-order valence-electron chi connectivity index (χ0n) is 18.9. The zero-order chi connectivity index (χ0) is 22.5. The van der Waals surface area contributed by atoms with Crippen LogP contribution in [0.1, 0.15) is 13.3 Å². The van der Waals surface area contributed by atoms with Crippen molar-refractivity contribution in [3.05, 3.63) is 127 Å². The van der Waals surface area contributed by atoms with Crippen LogP contribution in [0.3, 0.4) is 0 Å². The second-order valence-corrected chi connectivity index (χ2v) is 10.4. The van der Waals surface area contributed by atoms with E-state index in [2.05, 4.69) is 139 Å². The second-order valence-electron chi connectivity index (χ2n) is 8.17. The van der Waals surface area contributed by atoms with Gasteiger partial charge in [-0.15, -0.1) is 0 Å². The highest BCUT2D eigenvalue weighted by Gasteiger charge is 2.17. The maximum Gasteiger partial charge on any atom is 0.0490 e. The summed E-state index contributed by atoms with van der Waals surface area (Å²) >= 11 is 0. The Bertz CT molecular complexity index is 1270. The number of rotatable bonds is 7. The third-order valence-electron chi connectivity index (χ3n) is 5.95. The first-order valence-corrected chi connectivity index (χ1v) is 12.9. The summed E-state index contributed by atoms with van der Waals surface area (Å²) in [4.78, 5) is 2.46. The summed E-state index contributed by atoms with van der Waals surface area (Å²) in [5.41, 5.74) is 2.52. The van der Waals surface area contributed by atoms with Crippen molar-refractivity contribution in [1.29, 1.82) is 0 Å². The number of hydrogen-bond acceptors (Lipinski definition) is 1. The lowest BCUT2D eigenvalue weighted by atomic mass is 10.1. The van der Waals surface area contributed by atoms with Gasteiger partial charge in [0, 0.05) is 23.3 Å². The highest BCUT2D eigenvalue weighted by atomic mass is 31.1. The maximum absolute atomic E-state index is 2.46. The van der Waals surface area contributed by atoms with Gasteiger partial charge in [-0.25, -0.2) is 0 Å². The standard InChI is InChI=1S/C31H28NP/c1-2-24-32(31-19-11-13-25-12-9-10-18-30(25)31)26-20-22-29(23-21-26)33(27-14-5-3-6-15-27)28-16-7-4-8-17-28/h3-23H,2,24H2,1H3. The predicted molar refractivity (Wildman–Crippen MR) is 146 cm³/mol. The van der Waals surface area contributed by atoms with Crippen LogP contribution >= 0.6 is 7.92 Å². The quantitative estimate of drug-likeness (QED) is 0.241. The average Bonchev–Trinajstić information content (AvgIpc) is 2.89. The summed E-state index contributed by atoms with van der Waals surface area (Å²) in [6, 6.07) is 46.3. The molecule has 0 atom stereocenters. The molecule has 0 aliphatic rings. The molecule has 0 spiro atoms. The lowest BCUT2D eigenvalue weighted by Crippen LogP contribution is -2.22. The molecule has 0 bridgehead atoms. The van der Waals surface area contributed by atoms with Gasteiger partial charge in [0.05, 0.1) is 0 Å². The van der Waals surface area contributed by atoms with Crippen LogP contribution in [-0.4, -0.2) is 6.54 Å². The van der Waals surface area contributed by atoms with E-state index < -0.39 is 7.92 Å². The van der Waals surface area contributed by atoms with Crippen LogP contribution in [0.2, 0.25) is 0 Å². The van der Waals surface area contributed by atoms with Crippen molar-refractivity contribution < 1.29 is 0 Å². The summed E-state index contributed by atoms with van der Waals surface area (Å²) in [6.45, 7) is 3.23. The third-order valence-corrected chi connectivity index (χ3v) is 8.40. The first-order chi connectivity index (χ1) is 16.3. The first-order valence-electron chi connectivity index (χ1n) is 11.6. The normalized spacial score (nSPS) is 11.1. The monoisotopic (exact) mass is 445 g/mol. The minimum Gasteiger partial charge on any atom is -0.341 e. The SMILES string of the molecule is CCCN(c1ccc(P(c2ccccc2)c2ccccc2)cc1)c1cccc2ccccc12. The van der Waals surface area contributed by atoms with E-state index in [0.29, 0.717) is 0 Å². The molecule has 0 heterocycles. The molecule has 0 aliphatic carbocycles. The highest BCUT2D eigenvalue weighted by molar-refractivity contribution is 7.79.